The van der Waals surface area contributed by atoms with Gasteiger partial charge in [0.1, 0.15) is 0 Å². The molecular formula is C10H20O3. The molecule has 0 saturated carbocycles. The van der Waals surface area contributed by atoms with Crippen LogP contribution in [0.1, 0.15) is 33.6 Å². The number of aliphatic hydroxyl groups excluding tert-OH is 2. The number of rotatable bonds is 5. The zero-order chi connectivity index (χ0) is 10.5. The Balaban J connectivity index is 3.88. The molecular weight excluding hydrogens is 168 g/mol. The highest BCUT2D eigenvalue weighted by atomic mass is 16.3. The van der Waals surface area contributed by atoms with Crippen molar-refractivity contribution in [1.82, 2.24) is 0 Å². The largest absolute Gasteiger partial charge is 0.392 e. The van der Waals surface area contributed by atoms with Crippen LogP contribution in [-0.2, 0) is 0 Å². The highest BCUT2D eigenvalue weighted by Gasteiger charge is 2.15. The van der Waals surface area contributed by atoms with Crippen molar-refractivity contribution in [3.05, 3.63) is 11.6 Å². The topological polar surface area (TPSA) is 60.7 Å². The predicted molar refractivity (Wildman–Crippen MR) is 52.4 cm³/mol. The fourth-order valence-corrected chi connectivity index (χ4v) is 0.998. The molecule has 3 heteroatoms. The van der Waals surface area contributed by atoms with E-state index in [0.29, 0.717) is 12.8 Å². The van der Waals surface area contributed by atoms with E-state index < -0.39 is 11.7 Å². The molecule has 1 atom stereocenters. The van der Waals surface area contributed by atoms with Gasteiger partial charge in [-0.3, -0.25) is 0 Å². The summed E-state index contributed by atoms with van der Waals surface area (Å²) >= 11 is 0. The van der Waals surface area contributed by atoms with E-state index in [4.69, 9.17) is 5.11 Å². The van der Waals surface area contributed by atoms with Gasteiger partial charge in [0.2, 0.25) is 0 Å². The van der Waals surface area contributed by atoms with Crippen molar-refractivity contribution >= 4 is 0 Å². The zero-order valence-corrected chi connectivity index (χ0v) is 8.62. The summed E-state index contributed by atoms with van der Waals surface area (Å²) < 4.78 is 0. The summed E-state index contributed by atoms with van der Waals surface area (Å²) in [4.78, 5) is 0. The van der Waals surface area contributed by atoms with Crippen LogP contribution in [0.2, 0.25) is 0 Å². The Morgan fingerprint density at radius 2 is 2.00 bits per heavy atom. The quantitative estimate of drug-likeness (QED) is 0.560. The van der Waals surface area contributed by atoms with E-state index in [0.717, 1.165) is 5.57 Å². The Kier molecular flexibility index (Phi) is 5.21. The number of hydrogen-bond acceptors (Lipinski definition) is 3. The molecule has 0 spiro atoms. The van der Waals surface area contributed by atoms with Gasteiger partial charge >= 0.3 is 0 Å². The van der Waals surface area contributed by atoms with E-state index in [1.54, 1.807) is 26.8 Å². The number of aliphatic hydroxyl groups is 3. The smallest absolute Gasteiger partial charge is 0.0749 e. The Bertz CT molecular complexity index is 167. The molecule has 0 fully saturated rings. The predicted octanol–water partition coefficient (Wildman–Crippen LogP) is 0.837. The van der Waals surface area contributed by atoms with Gasteiger partial charge in [0.05, 0.1) is 18.3 Å². The minimum Gasteiger partial charge on any atom is -0.392 e. The summed E-state index contributed by atoms with van der Waals surface area (Å²) in [5.74, 6) is 0. The van der Waals surface area contributed by atoms with E-state index in [1.165, 1.54) is 0 Å². The van der Waals surface area contributed by atoms with Crippen molar-refractivity contribution in [3.8, 4) is 0 Å². The summed E-state index contributed by atoms with van der Waals surface area (Å²) in [6, 6.07) is 0. The normalized spacial score (nSPS) is 16.0. The van der Waals surface area contributed by atoms with Crippen LogP contribution in [0.15, 0.2) is 11.6 Å². The summed E-state index contributed by atoms with van der Waals surface area (Å²) in [6.07, 6.45) is 2.09. The molecule has 0 amide bonds. The lowest BCUT2D eigenvalue weighted by Crippen LogP contribution is -2.22. The molecule has 0 bridgehead atoms. The van der Waals surface area contributed by atoms with Crippen molar-refractivity contribution in [2.45, 2.75) is 45.3 Å². The highest BCUT2D eigenvalue weighted by Crippen LogP contribution is 2.15. The van der Waals surface area contributed by atoms with Gasteiger partial charge in [-0.25, -0.2) is 0 Å². The molecule has 13 heavy (non-hydrogen) atoms. The first-order valence-corrected chi connectivity index (χ1v) is 4.55. The van der Waals surface area contributed by atoms with Gasteiger partial charge in [-0.1, -0.05) is 6.08 Å². The van der Waals surface area contributed by atoms with Crippen molar-refractivity contribution in [2.24, 2.45) is 0 Å². The Morgan fingerprint density at radius 3 is 2.38 bits per heavy atom. The lowest BCUT2D eigenvalue weighted by molar-refractivity contribution is 0.0543. The molecule has 1 unspecified atom stereocenters. The molecule has 3 nitrogen and oxygen atoms in total. The van der Waals surface area contributed by atoms with Gasteiger partial charge in [-0.05, 0) is 39.2 Å². The van der Waals surface area contributed by atoms with Crippen LogP contribution in [-0.4, -0.2) is 33.6 Å². The second-order valence-corrected chi connectivity index (χ2v) is 4.00. The molecule has 0 aromatic carbocycles. The molecule has 0 aromatic heterocycles. The number of hydrogen-bond donors (Lipinski definition) is 3. The van der Waals surface area contributed by atoms with Gasteiger partial charge in [-0.15, -0.1) is 0 Å². The first-order chi connectivity index (χ1) is 5.87. The fourth-order valence-electron chi connectivity index (χ4n) is 0.998. The lowest BCUT2D eigenvalue weighted by Gasteiger charge is -2.19. The summed E-state index contributed by atoms with van der Waals surface area (Å²) in [7, 11) is 0. The SMILES string of the molecule is CC(=CCO)C(O)CCC(C)(C)O. The average Bonchev–Trinajstić information content (AvgIpc) is 1.99. The van der Waals surface area contributed by atoms with Gasteiger partial charge in [0, 0.05) is 0 Å². The van der Waals surface area contributed by atoms with Crippen LogP contribution in [0.3, 0.4) is 0 Å². The molecule has 0 saturated heterocycles. The van der Waals surface area contributed by atoms with E-state index in [-0.39, 0.29) is 6.61 Å². The molecule has 3 N–H and O–H groups in total. The summed E-state index contributed by atoms with van der Waals surface area (Å²) in [5, 5.41) is 27.5. The molecule has 78 valence electrons. The lowest BCUT2D eigenvalue weighted by atomic mass is 9.97. The third kappa shape index (κ3) is 6.75. The maximum absolute atomic E-state index is 9.52. The van der Waals surface area contributed by atoms with Gasteiger partial charge in [0.15, 0.2) is 0 Å². The van der Waals surface area contributed by atoms with E-state index in [1.807, 2.05) is 0 Å². The molecule has 0 aliphatic rings. The van der Waals surface area contributed by atoms with E-state index >= 15 is 0 Å². The van der Waals surface area contributed by atoms with Crippen LogP contribution in [0.5, 0.6) is 0 Å². The first-order valence-electron chi connectivity index (χ1n) is 4.55. The summed E-state index contributed by atoms with van der Waals surface area (Å²) in [5.41, 5.74) is 0.0206. The fraction of sp³-hybridized carbons (Fsp3) is 0.800. The molecule has 0 heterocycles. The molecule has 0 aromatic rings. The Labute approximate surface area is 79.7 Å². The van der Waals surface area contributed by atoms with E-state index in [2.05, 4.69) is 0 Å². The van der Waals surface area contributed by atoms with Gasteiger partial charge in [-0.2, -0.15) is 0 Å². The van der Waals surface area contributed by atoms with Crippen molar-refractivity contribution in [3.63, 3.8) is 0 Å². The third-order valence-corrected chi connectivity index (χ3v) is 1.97. The standard InChI is InChI=1S/C10H20O3/c1-8(5-7-11)9(12)4-6-10(2,3)13/h5,9,11-13H,4,6-7H2,1-3H3. The molecule has 0 aliphatic carbocycles. The van der Waals surface area contributed by atoms with Crippen LogP contribution in [0, 0.1) is 0 Å². The van der Waals surface area contributed by atoms with Crippen LogP contribution in [0.25, 0.3) is 0 Å². The van der Waals surface area contributed by atoms with Crippen LogP contribution < -0.4 is 0 Å². The van der Waals surface area contributed by atoms with Crippen molar-refractivity contribution < 1.29 is 15.3 Å². The second-order valence-electron chi connectivity index (χ2n) is 4.00. The van der Waals surface area contributed by atoms with E-state index in [9.17, 15) is 10.2 Å². The van der Waals surface area contributed by atoms with Gasteiger partial charge < -0.3 is 15.3 Å². The molecule has 0 radical (unpaired) electrons. The minimum absolute atomic E-state index is 0.0502. The van der Waals surface area contributed by atoms with Crippen LogP contribution in [0.4, 0.5) is 0 Å². The van der Waals surface area contributed by atoms with Crippen LogP contribution >= 0.6 is 0 Å². The molecule has 0 aliphatic heterocycles. The third-order valence-electron chi connectivity index (χ3n) is 1.97. The first kappa shape index (κ1) is 12.6. The Morgan fingerprint density at radius 1 is 1.46 bits per heavy atom. The average molecular weight is 188 g/mol. The summed E-state index contributed by atoms with van der Waals surface area (Å²) in [6.45, 7) is 5.15. The maximum Gasteiger partial charge on any atom is 0.0749 e. The molecule has 0 rings (SSSR count). The van der Waals surface area contributed by atoms with Crippen molar-refractivity contribution in [2.75, 3.05) is 6.61 Å². The maximum atomic E-state index is 9.52. The highest BCUT2D eigenvalue weighted by molar-refractivity contribution is 5.04. The second kappa shape index (κ2) is 5.37. The zero-order valence-electron chi connectivity index (χ0n) is 8.62. The monoisotopic (exact) mass is 188 g/mol. The minimum atomic E-state index is -0.736. The van der Waals surface area contributed by atoms with Crippen molar-refractivity contribution in [1.29, 1.82) is 0 Å². The van der Waals surface area contributed by atoms with Gasteiger partial charge in [0.25, 0.3) is 0 Å². The Hall–Kier alpha value is -0.380.